The van der Waals surface area contributed by atoms with Crippen molar-refractivity contribution in [3.8, 4) is 0 Å². The molecule has 0 aromatic heterocycles. The molecule has 2 aliphatic rings. The van der Waals surface area contributed by atoms with Crippen LogP contribution in [0.25, 0.3) is 0 Å². The molecule has 2 aliphatic heterocycles. The first-order chi connectivity index (χ1) is 17.9. The van der Waals surface area contributed by atoms with Crippen LogP contribution in [0.2, 0.25) is 0 Å². The lowest BCUT2D eigenvalue weighted by Crippen LogP contribution is -2.79. The number of methoxy groups -OCH3 is 1. The quantitative estimate of drug-likeness (QED) is 0.151. The SMILES string of the molecule is CO[C@@H]1O[C@H](CO)[C@](O)([C@@H]2O[C@H](CO)[C@H](O)[C@H](NC(=O)c3ccccc3C(=O)O)[C@H]2O)[C@H](O)[C@H]1NC(C)=O. The second-order valence-electron chi connectivity index (χ2n) is 9.08. The molecule has 1 aromatic rings. The number of nitrogens with one attached hydrogen (secondary N) is 2. The van der Waals surface area contributed by atoms with E-state index in [2.05, 4.69) is 10.6 Å². The molecule has 2 heterocycles. The first-order valence-corrected chi connectivity index (χ1v) is 11.6. The molecule has 0 saturated carbocycles. The minimum atomic E-state index is -2.69. The highest BCUT2D eigenvalue weighted by Crippen LogP contribution is 2.39. The van der Waals surface area contributed by atoms with Crippen LogP contribution in [0.15, 0.2) is 24.3 Å². The van der Waals surface area contributed by atoms with Gasteiger partial charge >= 0.3 is 5.97 Å². The molecule has 10 atom stereocenters. The van der Waals surface area contributed by atoms with Gasteiger partial charge in [0.2, 0.25) is 5.91 Å². The molecule has 38 heavy (non-hydrogen) atoms. The summed E-state index contributed by atoms with van der Waals surface area (Å²) in [6.07, 6.45) is -12.2. The minimum Gasteiger partial charge on any atom is -0.478 e. The Hall–Kier alpha value is -2.73. The van der Waals surface area contributed by atoms with E-state index in [9.17, 15) is 50.1 Å². The molecular formula is C23H32N2O13. The number of carbonyl (C=O) groups is 3. The van der Waals surface area contributed by atoms with E-state index >= 15 is 0 Å². The Balaban J connectivity index is 2.00. The molecule has 212 valence electrons. The number of amides is 2. The second kappa shape index (κ2) is 12.0. The molecule has 0 aliphatic carbocycles. The van der Waals surface area contributed by atoms with Gasteiger partial charge in [0.15, 0.2) is 6.29 Å². The number of carboxylic acid groups (broad SMARTS) is 1. The summed E-state index contributed by atoms with van der Waals surface area (Å²) in [6, 6.07) is 2.08. The van der Waals surface area contributed by atoms with E-state index in [-0.39, 0.29) is 11.1 Å². The molecule has 2 fully saturated rings. The van der Waals surface area contributed by atoms with Crippen molar-refractivity contribution in [2.45, 2.75) is 67.5 Å². The van der Waals surface area contributed by atoms with Crippen molar-refractivity contribution in [3.63, 3.8) is 0 Å². The largest absolute Gasteiger partial charge is 0.478 e. The summed E-state index contributed by atoms with van der Waals surface area (Å²) >= 11 is 0. The van der Waals surface area contributed by atoms with Gasteiger partial charge in [-0.05, 0) is 12.1 Å². The fraction of sp³-hybridized carbons (Fsp3) is 0.609. The Bertz CT molecular complexity index is 1020. The third-order valence-electron chi connectivity index (χ3n) is 6.77. The van der Waals surface area contributed by atoms with Crippen LogP contribution in [0.1, 0.15) is 27.6 Å². The molecule has 2 amide bonds. The number of carbonyl (C=O) groups excluding carboxylic acids is 2. The van der Waals surface area contributed by atoms with Gasteiger partial charge in [-0.2, -0.15) is 0 Å². The smallest absolute Gasteiger partial charge is 0.336 e. The summed E-state index contributed by atoms with van der Waals surface area (Å²) in [6.45, 7) is -0.668. The third kappa shape index (κ3) is 5.38. The fourth-order valence-electron chi connectivity index (χ4n) is 4.88. The van der Waals surface area contributed by atoms with Crippen molar-refractivity contribution in [3.05, 3.63) is 35.4 Å². The maximum atomic E-state index is 13.0. The molecule has 1 aromatic carbocycles. The number of hydrogen-bond donors (Lipinski definition) is 9. The van der Waals surface area contributed by atoms with Crippen molar-refractivity contribution in [2.75, 3.05) is 20.3 Å². The second-order valence-corrected chi connectivity index (χ2v) is 9.08. The maximum Gasteiger partial charge on any atom is 0.336 e. The number of aromatic carboxylic acids is 1. The summed E-state index contributed by atoms with van der Waals surface area (Å²) in [5.74, 6) is -3.06. The highest BCUT2D eigenvalue weighted by Gasteiger charge is 2.64. The number of aliphatic hydroxyl groups is 6. The number of ether oxygens (including phenoxy) is 3. The molecule has 15 heteroatoms. The van der Waals surface area contributed by atoms with E-state index in [1.165, 1.54) is 31.4 Å². The van der Waals surface area contributed by atoms with Crippen molar-refractivity contribution in [1.29, 1.82) is 0 Å². The number of hydrogen-bond acceptors (Lipinski definition) is 12. The topological polar surface area (TPSA) is 245 Å². The Morgan fingerprint density at radius 3 is 2.13 bits per heavy atom. The van der Waals surface area contributed by atoms with Gasteiger partial charge in [0.25, 0.3) is 5.91 Å². The van der Waals surface area contributed by atoms with E-state index in [1.807, 2.05) is 0 Å². The van der Waals surface area contributed by atoms with Gasteiger partial charge in [-0.15, -0.1) is 0 Å². The number of benzene rings is 1. The lowest BCUT2D eigenvalue weighted by molar-refractivity contribution is -0.347. The molecule has 0 spiro atoms. The molecule has 0 radical (unpaired) electrons. The van der Waals surface area contributed by atoms with Crippen LogP contribution < -0.4 is 10.6 Å². The Kier molecular flexibility index (Phi) is 9.40. The Morgan fingerprint density at radius 1 is 0.974 bits per heavy atom. The number of rotatable bonds is 8. The van der Waals surface area contributed by atoms with Gasteiger partial charge in [-0.3, -0.25) is 9.59 Å². The van der Waals surface area contributed by atoms with Crippen LogP contribution >= 0.6 is 0 Å². The molecule has 0 bridgehead atoms. The van der Waals surface area contributed by atoms with Crippen LogP contribution in [0.5, 0.6) is 0 Å². The molecule has 15 nitrogen and oxygen atoms in total. The van der Waals surface area contributed by atoms with Gasteiger partial charge < -0.3 is 60.6 Å². The van der Waals surface area contributed by atoms with E-state index in [0.29, 0.717) is 0 Å². The van der Waals surface area contributed by atoms with Gasteiger partial charge in [0.1, 0.15) is 48.3 Å². The lowest BCUT2D eigenvalue weighted by Gasteiger charge is -2.55. The molecule has 0 unspecified atom stereocenters. The third-order valence-corrected chi connectivity index (χ3v) is 6.77. The van der Waals surface area contributed by atoms with Crippen molar-refractivity contribution in [2.24, 2.45) is 0 Å². The van der Waals surface area contributed by atoms with E-state index in [0.717, 1.165) is 6.92 Å². The predicted molar refractivity (Wildman–Crippen MR) is 124 cm³/mol. The average Bonchev–Trinajstić information content (AvgIpc) is 2.89. The van der Waals surface area contributed by atoms with E-state index in [1.54, 1.807) is 0 Å². The summed E-state index contributed by atoms with van der Waals surface area (Å²) in [7, 11) is 1.19. The highest BCUT2D eigenvalue weighted by atomic mass is 16.7. The van der Waals surface area contributed by atoms with Gasteiger partial charge in [-0.1, -0.05) is 12.1 Å². The molecular weight excluding hydrogens is 512 g/mol. The fourth-order valence-corrected chi connectivity index (χ4v) is 4.88. The summed E-state index contributed by atoms with van der Waals surface area (Å²) in [5, 5.41) is 78.6. The van der Waals surface area contributed by atoms with E-state index < -0.39 is 91.6 Å². The zero-order valence-electron chi connectivity index (χ0n) is 20.5. The summed E-state index contributed by atoms with van der Waals surface area (Å²) in [4.78, 5) is 36.3. The van der Waals surface area contributed by atoms with Gasteiger partial charge in [0.05, 0.1) is 30.4 Å². The average molecular weight is 545 g/mol. The zero-order valence-corrected chi connectivity index (χ0v) is 20.5. The highest BCUT2D eigenvalue weighted by molar-refractivity contribution is 6.04. The first-order valence-electron chi connectivity index (χ1n) is 11.6. The van der Waals surface area contributed by atoms with Crippen molar-refractivity contribution >= 4 is 17.8 Å². The monoisotopic (exact) mass is 544 g/mol. The molecule has 3 rings (SSSR count). The van der Waals surface area contributed by atoms with Gasteiger partial charge in [0, 0.05) is 14.0 Å². The molecule has 9 N–H and O–H groups in total. The lowest BCUT2D eigenvalue weighted by atomic mass is 9.73. The number of aliphatic hydroxyl groups excluding tert-OH is 5. The van der Waals surface area contributed by atoms with Crippen molar-refractivity contribution < 1.29 is 64.3 Å². The van der Waals surface area contributed by atoms with Crippen LogP contribution in [0.3, 0.4) is 0 Å². The normalized spacial score (nSPS) is 37.3. The van der Waals surface area contributed by atoms with Crippen molar-refractivity contribution in [1.82, 2.24) is 10.6 Å². The van der Waals surface area contributed by atoms with Crippen LogP contribution in [0.4, 0.5) is 0 Å². The van der Waals surface area contributed by atoms with Crippen LogP contribution in [-0.4, -0.2) is 134 Å². The zero-order chi connectivity index (χ0) is 28.4. The van der Waals surface area contributed by atoms with Crippen LogP contribution in [0, 0.1) is 0 Å². The number of carboxylic acids is 1. The Morgan fingerprint density at radius 2 is 1.61 bits per heavy atom. The van der Waals surface area contributed by atoms with Crippen LogP contribution in [-0.2, 0) is 19.0 Å². The first kappa shape index (κ1) is 29.8. The Labute approximate surface area is 216 Å². The van der Waals surface area contributed by atoms with Gasteiger partial charge in [-0.25, -0.2) is 4.79 Å². The summed E-state index contributed by atoms with van der Waals surface area (Å²) in [5.41, 5.74) is -3.36. The molecule has 2 saturated heterocycles. The van der Waals surface area contributed by atoms with E-state index in [4.69, 9.17) is 14.2 Å². The summed E-state index contributed by atoms with van der Waals surface area (Å²) < 4.78 is 16.2. The minimum absolute atomic E-state index is 0.301. The maximum absolute atomic E-state index is 13.0. The predicted octanol–water partition coefficient (Wildman–Crippen LogP) is -4.07. The standard InChI is InChI=1S/C23H32N2O13/c1-9(28)24-15-18(31)23(35,13(8-27)38-22(15)36-2)19-17(30)14(16(29)12(7-26)37-19)25-20(32)10-5-3-4-6-11(10)21(33)34/h3-6,12-19,22,26-27,29-31,35H,7-8H2,1-2H3,(H,24,28)(H,25,32)(H,33,34)/t12-,13-,14+,15-,16+,17-,18-,19-,22-,23-/m1/s1.